The van der Waals surface area contributed by atoms with Gasteiger partial charge in [0.25, 0.3) is 0 Å². The van der Waals surface area contributed by atoms with Crippen LogP contribution < -0.4 is 14.8 Å². The van der Waals surface area contributed by atoms with Crippen LogP contribution in [-0.2, 0) is 17.6 Å². The highest BCUT2D eigenvalue weighted by Gasteiger charge is 2.28. The quantitative estimate of drug-likeness (QED) is 0.592. The molecule has 6 nitrogen and oxygen atoms in total. The lowest BCUT2D eigenvalue weighted by Crippen LogP contribution is -2.34. The summed E-state index contributed by atoms with van der Waals surface area (Å²) in [6, 6.07) is 10.3. The number of hydrogen-bond donors (Lipinski definition) is 1. The van der Waals surface area contributed by atoms with E-state index >= 15 is 0 Å². The third-order valence-electron chi connectivity index (χ3n) is 4.92. The molecule has 0 spiro atoms. The van der Waals surface area contributed by atoms with Gasteiger partial charge in [-0.25, -0.2) is 4.39 Å². The van der Waals surface area contributed by atoms with E-state index in [-0.39, 0.29) is 17.8 Å². The number of aryl methyl sites for hydroxylation is 1. The third-order valence-corrected chi connectivity index (χ3v) is 5.86. The molecule has 1 aliphatic rings. The molecule has 3 aromatic rings. The fraction of sp³-hybridized carbons (Fsp3) is 0.318. The number of carbonyl (C=O) groups is 1. The summed E-state index contributed by atoms with van der Waals surface area (Å²) < 4.78 is 25.2. The van der Waals surface area contributed by atoms with Crippen LogP contribution in [0.15, 0.2) is 41.8 Å². The lowest BCUT2D eigenvalue weighted by Gasteiger charge is -2.13. The van der Waals surface area contributed by atoms with Gasteiger partial charge in [0.1, 0.15) is 17.7 Å². The van der Waals surface area contributed by atoms with Gasteiger partial charge in [-0.1, -0.05) is 6.07 Å². The van der Waals surface area contributed by atoms with E-state index in [0.717, 1.165) is 18.4 Å². The Morgan fingerprint density at radius 3 is 2.97 bits per heavy atom. The number of nitrogens with one attached hydrogen (secondary N) is 1. The molecule has 2 aromatic heterocycles. The van der Waals surface area contributed by atoms with E-state index < -0.39 is 0 Å². The van der Waals surface area contributed by atoms with Crippen molar-refractivity contribution in [1.82, 2.24) is 15.5 Å². The van der Waals surface area contributed by atoms with Crippen molar-refractivity contribution in [2.75, 3.05) is 13.7 Å². The van der Waals surface area contributed by atoms with Crippen molar-refractivity contribution in [3.8, 4) is 22.9 Å². The minimum atomic E-state index is -0.358. The number of carbonyl (C=O) groups excluding carboxylic acids is 1. The van der Waals surface area contributed by atoms with E-state index in [1.807, 2.05) is 11.4 Å². The van der Waals surface area contributed by atoms with Crippen molar-refractivity contribution < 1.29 is 18.7 Å². The van der Waals surface area contributed by atoms with Crippen molar-refractivity contribution >= 4 is 17.2 Å². The first kappa shape index (κ1) is 20.3. The maximum absolute atomic E-state index is 14.2. The molecule has 3 heterocycles. The number of aromatic nitrogens is 2. The predicted molar refractivity (Wildman–Crippen MR) is 112 cm³/mol. The number of thiophene rings is 1. The molecule has 4 rings (SSSR count). The van der Waals surface area contributed by atoms with Crippen LogP contribution in [0.1, 0.15) is 23.3 Å². The molecule has 0 unspecified atom stereocenters. The third kappa shape index (κ3) is 4.76. The predicted octanol–water partition coefficient (Wildman–Crippen LogP) is 3.80. The van der Waals surface area contributed by atoms with Gasteiger partial charge in [-0.3, -0.25) is 4.79 Å². The molecule has 0 saturated carbocycles. The zero-order valence-corrected chi connectivity index (χ0v) is 17.4. The Labute approximate surface area is 178 Å². The fourth-order valence-electron chi connectivity index (χ4n) is 3.47. The summed E-state index contributed by atoms with van der Waals surface area (Å²) in [4.78, 5) is 13.4. The standard InChI is InChI=1S/C22H22FN3O3S/c1-28-21-8-7-19(25-26-21)18-12-15(23)10-14-11-16(29-22(14)18)13-24-20(27)6-2-4-17-5-3-9-30-17/h3,5,7-10,12,16H,2,4,6,11,13H2,1H3,(H,24,27)/t16-/m1/s1. The minimum absolute atomic E-state index is 0.00135. The number of methoxy groups -OCH3 is 1. The molecular formula is C22H22FN3O3S. The maximum Gasteiger partial charge on any atom is 0.233 e. The van der Waals surface area contributed by atoms with Crippen molar-refractivity contribution in [2.24, 2.45) is 0 Å². The number of rotatable bonds is 8. The highest BCUT2D eigenvalue weighted by molar-refractivity contribution is 7.09. The van der Waals surface area contributed by atoms with Crippen LogP contribution in [0.2, 0.25) is 0 Å². The molecule has 0 bridgehead atoms. The largest absolute Gasteiger partial charge is 0.487 e. The van der Waals surface area contributed by atoms with E-state index in [1.54, 1.807) is 23.5 Å². The van der Waals surface area contributed by atoms with E-state index in [2.05, 4.69) is 21.6 Å². The van der Waals surface area contributed by atoms with Gasteiger partial charge in [-0.2, -0.15) is 0 Å². The molecule has 0 saturated heterocycles. The van der Waals surface area contributed by atoms with Gasteiger partial charge in [-0.15, -0.1) is 21.5 Å². The lowest BCUT2D eigenvalue weighted by molar-refractivity contribution is -0.121. The van der Waals surface area contributed by atoms with E-state index in [4.69, 9.17) is 9.47 Å². The van der Waals surface area contributed by atoms with Crippen LogP contribution in [0, 0.1) is 5.82 Å². The van der Waals surface area contributed by atoms with Crippen LogP contribution in [0.3, 0.4) is 0 Å². The molecule has 0 radical (unpaired) electrons. The number of nitrogens with zero attached hydrogens (tertiary/aromatic N) is 2. The first-order valence-electron chi connectivity index (χ1n) is 9.78. The van der Waals surface area contributed by atoms with Crippen molar-refractivity contribution in [1.29, 1.82) is 0 Å². The van der Waals surface area contributed by atoms with Crippen LogP contribution in [0.5, 0.6) is 11.6 Å². The first-order valence-corrected chi connectivity index (χ1v) is 10.7. The zero-order valence-electron chi connectivity index (χ0n) is 16.6. The zero-order chi connectivity index (χ0) is 20.9. The number of fused-ring (bicyclic) bond motifs is 1. The van der Waals surface area contributed by atoms with Crippen LogP contribution in [0.25, 0.3) is 11.3 Å². The molecule has 156 valence electrons. The minimum Gasteiger partial charge on any atom is -0.487 e. The Bertz CT molecular complexity index is 1010. The highest BCUT2D eigenvalue weighted by Crippen LogP contribution is 2.39. The molecule has 1 amide bonds. The van der Waals surface area contributed by atoms with Crippen molar-refractivity contribution in [3.63, 3.8) is 0 Å². The van der Waals surface area contributed by atoms with E-state index in [0.29, 0.717) is 42.3 Å². The summed E-state index contributed by atoms with van der Waals surface area (Å²) in [5.74, 6) is 0.613. The SMILES string of the molecule is COc1ccc(-c2cc(F)cc3c2O[C@@H](CNC(=O)CCCc2cccs2)C3)nn1. The Kier molecular flexibility index (Phi) is 6.23. The fourth-order valence-corrected chi connectivity index (χ4v) is 4.22. The van der Waals surface area contributed by atoms with E-state index in [9.17, 15) is 9.18 Å². The maximum atomic E-state index is 14.2. The molecule has 8 heteroatoms. The average molecular weight is 428 g/mol. The summed E-state index contributed by atoms with van der Waals surface area (Å²) in [6.07, 6.45) is 2.47. The topological polar surface area (TPSA) is 73.3 Å². The first-order chi connectivity index (χ1) is 14.6. The van der Waals surface area contributed by atoms with Crippen molar-refractivity contribution in [2.45, 2.75) is 31.8 Å². The Balaban J connectivity index is 1.35. The number of amides is 1. The summed E-state index contributed by atoms with van der Waals surface area (Å²) in [5, 5.41) is 13.0. The molecular weight excluding hydrogens is 405 g/mol. The molecule has 0 aliphatic carbocycles. The molecule has 30 heavy (non-hydrogen) atoms. The summed E-state index contributed by atoms with van der Waals surface area (Å²) >= 11 is 1.71. The van der Waals surface area contributed by atoms with Gasteiger partial charge in [0.15, 0.2) is 0 Å². The molecule has 1 atom stereocenters. The second kappa shape index (κ2) is 9.21. The Morgan fingerprint density at radius 2 is 2.23 bits per heavy atom. The molecule has 1 aromatic carbocycles. The Hall–Kier alpha value is -3.00. The summed E-state index contributed by atoms with van der Waals surface area (Å²) in [7, 11) is 1.51. The number of ether oxygens (including phenoxy) is 2. The second-order valence-electron chi connectivity index (χ2n) is 7.08. The van der Waals surface area contributed by atoms with Gasteiger partial charge in [0, 0.05) is 34.9 Å². The average Bonchev–Trinajstić information content (AvgIpc) is 3.41. The monoisotopic (exact) mass is 427 g/mol. The number of hydrogen-bond acceptors (Lipinski definition) is 6. The number of halogens is 1. The molecule has 1 aliphatic heterocycles. The smallest absolute Gasteiger partial charge is 0.233 e. The van der Waals surface area contributed by atoms with E-state index in [1.165, 1.54) is 24.1 Å². The normalized spacial score (nSPS) is 14.8. The van der Waals surface area contributed by atoms with Gasteiger partial charge in [0.2, 0.25) is 11.8 Å². The van der Waals surface area contributed by atoms with Gasteiger partial charge in [-0.05, 0) is 42.5 Å². The summed E-state index contributed by atoms with van der Waals surface area (Å²) in [6.45, 7) is 0.377. The van der Waals surface area contributed by atoms with Gasteiger partial charge in [0.05, 0.1) is 19.3 Å². The Morgan fingerprint density at radius 1 is 1.33 bits per heavy atom. The van der Waals surface area contributed by atoms with Crippen molar-refractivity contribution in [3.05, 3.63) is 58.0 Å². The summed E-state index contributed by atoms with van der Waals surface area (Å²) in [5.41, 5.74) is 1.81. The van der Waals surface area contributed by atoms with Gasteiger partial charge >= 0.3 is 0 Å². The highest BCUT2D eigenvalue weighted by atomic mass is 32.1. The van der Waals surface area contributed by atoms with Gasteiger partial charge < -0.3 is 14.8 Å². The van der Waals surface area contributed by atoms with Crippen LogP contribution in [-0.4, -0.2) is 35.9 Å². The molecule has 1 N–H and O–H groups in total. The van der Waals surface area contributed by atoms with Crippen LogP contribution in [0.4, 0.5) is 4.39 Å². The second-order valence-corrected chi connectivity index (χ2v) is 8.12. The molecule has 0 fully saturated rings. The lowest BCUT2D eigenvalue weighted by atomic mass is 10.0. The van der Waals surface area contributed by atoms with Crippen LogP contribution >= 0.6 is 11.3 Å². The number of benzene rings is 1.